The standard InChI is InChI=1S/C24H22N4O/c1-16-4-10-19(11-5-16)23-26-22(24(29)25-20-12-6-17(2)7-13-20)27-28(23)21-14-8-18(3)9-15-21/h4-15H,1-3H3,(H,25,29). The van der Waals surface area contributed by atoms with Gasteiger partial charge in [-0.15, -0.1) is 5.10 Å². The average molecular weight is 382 g/mol. The third-order valence-corrected chi connectivity index (χ3v) is 4.71. The predicted octanol–water partition coefficient (Wildman–Crippen LogP) is 5.11. The summed E-state index contributed by atoms with van der Waals surface area (Å²) in [6.07, 6.45) is 0. The van der Waals surface area contributed by atoms with Gasteiger partial charge in [-0.3, -0.25) is 4.79 Å². The molecule has 1 N–H and O–H groups in total. The molecule has 0 aliphatic carbocycles. The van der Waals surface area contributed by atoms with Crippen LogP contribution in [0.5, 0.6) is 0 Å². The quantitative estimate of drug-likeness (QED) is 0.533. The first kappa shape index (κ1) is 18.6. The van der Waals surface area contributed by atoms with Crippen molar-refractivity contribution in [2.24, 2.45) is 0 Å². The Kier molecular flexibility index (Phi) is 4.96. The Hall–Kier alpha value is -3.73. The molecule has 4 rings (SSSR count). The number of aromatic nitrogens is 3. The first-order valence-electron chi connectivity index (χ1n) is 9.49. The van der Waals surface area contributed by atoms with E-state index in [9.17, 15) is 4.79 Å². The van der Waals surface area contributed by atoms with Crippen molar-refractivity contribution < 1.29 is 4.79 Å². The van der Waals surface area contributed by atoms with Crippen LogP contribution in [0.15, 0.2) is 72.8 Å². The summed E-state index contributed by atoms with van der Waals surface area (Å²) >= 11 is 0. The van der Waals surface area contributed by atoms with E-state index in [-0.39, 0.29) is 11.7 Å². The molecule has 0 aliphatic rings. The van der Waals surface area contributed by atoms with Crippen molar-refractivity contribution in [2.75, 3.05) is 5.32 Å². The van der Waals surface area contributed by atoms with Crippen molar-refractivity contribution in [3.63, 3.8) is 0 Å². The molecule has 0 saturated heterocycles. The summed E-state index contributed by atoms with van der Waals surface area (Å²) in [5.41, 5.74) is 5.91. The third kappa shape index (κ3) is 4.09. The van der Waals surface area contributed by atoms with Gasteiger partial charge in [-0.05, 0) is 45.0 Å². The molecule has 0 bridgehead atoms. The highest BCUT2D eigenvalue weighted by molar-refractivity contribution is 6.01. The number of hydrogen-bond donors (Lipinski definition) is 1. The van der Waals surface area contributed by atoms with Crippen LogP contribution in [0.3, 0.4) is 0 Å². The van der Waals surface area contributed by atoms with E-state index in [1.54, 1.807) is 4.68 Å². The number of nitrogens with one attached hydrogen (secondary N) is 1. The highest BCUT2D eigenvalue weighted by atomic mass is 16.2. The van der Waals surface area contributed by atoms with Crippen molar-refractivity contribution in [1.82, 2.24) is 14.8 Å². The highest BCUT2D eigenvalue weighted by Gasteiger charge is 2.19. The molecule has 0 atom stereocenters. The number of anilines is 1. The zero-order valence-corrected chi connectivity index (χ0v) is 16.7. The molecule has 1 amide bonds. The normalized spacial score (nSPS) is 10.7. The predicted molar refractivity (Wildman–Crippen MR) is 115 cm³/mol. The van der Waals surface area contributed by atoms with Crippen LogP contribution in [0, 0.1) is 20.8 Å². The number of benzene rings is 3. The summed E-state index contributed by atoms with van der Waals surface area (Å²) in [7, 11) is 0. The maximum absolute atomic E-state index is 12.8. The molecule has 0 fully saturated rings. The van der Waals surface area contributed by atoms with Gasteiger partial charge in [0.25, 0.3) is 5.91 Å². The summed E-state index contributed by atoms with van der Waals surface area (Å²) in [5.74, 6) is 0.415. The topological polar surface area (TPSA) is 59.8 Å². The molecule has 0 saturated carbocycles. The van der Waals surface area contributed by atoms with Crippen LogP contribution in [0.4, 0.5) is 5.69 Å². The Bertz CT molecular complexity index is 1080. The van der Waals surface area contributed by atoms with Gasteiger partial charge in [0.2, 0.25) is 5.82 Å². The molecule has 5 nitrogen and oxygen atoms in total. The Labute approximate surface area is 170 Å². The van der Waals surface area contributed by atoms with E-state index in [1.165, 1.54) is 0 Å². The van der Waals surface area contributed by atoms with Crippen LogP contribution in [0.25, 0.3) is 17.1 Å². The first-order valence-corrected chi connectivity index (χ1v) is 9.49. The summed E-state index contributed by atoms with van der Waals surface area (Å²) in [6, 6.07) is 23.6. The maximum atomic E-state index is 12.8. The lowest BCUT2D eigenvalue weighted by molar-refractivity contribution is 0.101. The molecular weight excluding hydrogens is 360 g/mol. The maximum Gasteiger partial charge on any atom is 0.295 e. The Morgan fingerprint density at radius 3 is 1.86 bits per heavy atom. The fourth-order valence-corrected chi connectivity index (χ4v) is 2.99. The van der Waals surface area contributed by atoms with E-state index in [2.05, 4.69) is 15.4 Å². The van der Waals surface area contributed by atoms with Gasteiger partial charge in [0, 0.05) is 11.3 Å². The lowest BCUT2D eigenvalue weighted by Gasteiger charge is -2.06. The smallest absolute Gasteiger partial charge is 0.295 e. The van der Waals surface area contributed by atoms with E-state index in [4.69, 9.17) is 0 Å². The number of carbonyl (C=O) groups is 1. The SMILES string of the molecule is Cc1ccc(NC(=O)c2nc(-c3ccc(C)cc3)n(-c3ccc(C)cc3)n2)cc1. The van der Waals surface area contributed by atoms with Crippen LogP contribution in [0.2, 0.25) is 0 Å². The fraction of sp³-hybridized carbons (Fsp3) is 0.125. The number of carbonyl (C=O) groups excluding carboxylic acids is 1. The summed E-state index contributed by atoms with van der Waals surface area (Å²) in [4.78, 5) is 17.3. The van der Waals surface area contributed by atoms with Crippen molar-refractivity contribution >= 4 is 11.6 Å². The summed E-state index contributed by atoms with van der Waals surface area (Å²) < 4.78 is 1.72. The number of rotatable bonds is 4. The Morgan fingerprint density at radius 2 is 1.28 bits per heavy atom. The molecule has 0 radical (unpaired) electrons. The summed E-state index contributed by atoms with van der Waals surface area (Å²) in [5, 5.41) is 7.39. The van der Waals surface area contributed by atoms with Gasteiger partial charge >= 0.3 is 0 Å². The Balaban J connectivity index is 1.74. The van der Waals surface area contributed by atoms with Crippen molar-refractivity contribution in [2.45, 2.75) is 20.8 Å². The van der Waals surface area contributed by atoms with Gasteiger partial charge in [-0.25, -0.2) is 9.67 Å². The van der Waals surface area contributed by atoms with Crippen molar-refractivity contribution in [3.05, 3.63) is 95.3 Å². The van der Waals surface area contributed by atoms with Crippen LogP contribution in [-0.2, 0) is 0 Å². The minimum absolute atomic E-state index is 0.127. The minimum Gasteiger partial charge on any atom is -0.319 e. The van der Waals surface area contributed by atoms with E-state index >= 15 is 0 Å². The van der Waals surface area contributed by atoms with Gasteiger partial charge in [0.05, 0.1) is 5.69 Å². The highest BCUT2D eigenvalue weighted by Crippen LogP contribution is 2.22. The van der Waals surface area contributed by atoms with Crippen LogP contribution in [0.1, 0.15) is 27.3 Å². The van der Waals surface area contributed by atoms with Gasteiger partial charge in [0.15, 0.2) is 5.82 Å². The second-order valence-corrected chi connectivity index (χ2v) is 7.19. The van der Waals surface area contributed by atoms with E-state index in [0.717, 1.165) is 27.9 Å². The molecule has 1 heterocycles. The van der Waals surface area contributed by atoms with Gasteiger partial charge < -0.3 is 5.32 Å². The van der Waals surface area contributed by atoms with Gasteiger partial charge in [0.1, 0.15) is 0 Å². The third-order valence-electron chi connectivity index (χ3n) is 4.71. The molecule has 3 aromatic carbocycles. The zero-order chi connectivity index (χ0) is 20.4. The first-order chi connectivity index (χ1) is 14.0. The van der Waals surface area contributed by atoms with Gasteiger partial charge in [-0.1, -0.05) is 65.2 Å². The van der Waals surface area contributed by atoms with Crippen molar-refractivity contribution in [1.29, 1.82) is 0 Å². The molecule has 29 heavy (non-hydrogen) atoms. The molecule has 0 unspecified atom stereocenters. The lowest BCUT2D eigenvalue weighted by atomic mass is 10.1. The Morgan fingerprint density at radius 1 is 0.759 bits per heavy atom. The molecule has 1 aromatic heterocycles. The largest absolute Gasteiger partial charge is 0.319 e. The van der Waals surface area contributed by atoms with Crippen LogP contribution >= 0.6 is 0 Å². The monoisotopic (exact) mass is 382 g/mol. The molecule has 0 spiro atoms. The average Bonchev–Trinajstić information content (AvgIpc) is 3.16. The van der Waals surface area contributed by atoms with Crippen molar-refractivity contribution in [3.8, 4) is 17.1 Å². The van der Waals surface area contributed by atoms with Crippen LogP contribution < -0.4 is 5.32 Å². The second kappa shape index (κ2) is 7.72. The lowest BCUT2D eigenvalue weighted by Crippen LogP contribution is -2.14. The number of hydrogen-bond acceptors (Lipinski definition) is 3. The molecule has 144 valence electrons. The minimum atomic E-state index is -0.340. The second-order valence-electron chi connectivity index (χ2n) is 7.19. The van der Waals surface area contributed by atoms with Gasteiger partial charge in [-0.2, -0.15) is 0 Å². The molecule has 0 aliphatic heterocycles. The number of aryl methyl sites for hydroxylation is 3. The molecular formula is C24H22N4O. The fourth-order valence-electron chi connectivity index (χ4n) is 2.99. The number of amides is 1. The molecule has 5 heteroatoms. The van der Waals surface area contributed by atoms with Crippen LogP contribution in [-0.4, -0.2) is 20.7 Å². The molecule has 4 aromatic rings. The summed E-state index contributed by atoms with van der Waals surface area (Å²) in [6.45, 7) is 6.08. The van der Waals surface area contributed by atoms with E-state index in [1.807, 2.05) is 93.6 Å². The zero-order valence-electron chi connectivity index (χ0n) is 16.7. The number of nitrogens with zero attached hydrogens (tertiary/aromatic N) is 3. The van der Waals surface area contributed by atoms with E-state index in [0.29, 0.717) is 11.5 Å². The van der Waals surface area contributed by atoms with E-state index < -0.39 is 0 Å².